The van der Waals surface area contributed by atoms with Gasteiger partial charge in [-0.25, -0.2) is 14.4 Å². The first kappa shape index (κ1) is 33.7. The number of carboxylic acids is 2. The Morgan fingerprint density at radius 3 is 2.40 bits per heavy atom. The van der Waals surface area contributed by atoms with Crippen LogP contribution in [0.15, 0.2) is 24.0 Å². The zero-order chi connectivity index (χ0) is 34.4. The first-order valence-electron chi connectivity index (χ1n) is 14.9. The zero-order valence-electron chi connectivity index (χ0n) is 26.0. The summed E-state index contributed by atoms with van der Waals surface area (Å²) in [6.07, 6.45) is -5.73. The van der Waals surface area contributed by atoms with Crippen molar-refractivity contribution in [3.63, 3.8) is 0 Å². The van der Waals surface area contributed by atoms with Crippen LogP contribution in [0.4, 0.5) is 0 Å². The molecule has 47 heavy (non-hydrogen) atoms. The number of aliphatic carboxylic acids is 2. The third-order valence-corrected chi connectivity index (χ3v) is 9.23. The van der Waals surface area contributed by atoms with E-state index in [0.717, 1.165) is 25.0 Å². The highest BCUT2D eigenvalue weighted by atomic mass is 16.6. The van der Waals surface area contributed by atoms with Gasteiger partial charge in [-0.05, 0) is 51.1 Å². The van der Waals surface area contributed by atoms with Gasteiger partial charge in [0.05, 0.1) is 31.0 Å². The molecule has 2 aliphatic carbocycles. The highest BCUT2D eigenvalue weighted by Gasteiger charge is 2.72. The fraction of sp³-hybridized carbons (Fsp3) is 0.548. The number of hydrogen-bond acceptors (Lipinski definition) is 14. The van der Waals surface area contributed by atoms with E-state index >= 15 is 0 Å². The number of benzene rings is 1. The molecule has 7 atom stereocenters. The molecule has 5 rings (SSSR count). The number of esters is 4. The number of hydrogen-bond donors (Lipinski definition) is 3. The second-order valence-corrected chi connectivity index (χ2v) is 12.0. The summed E-state index contributed by atoms with van der Waals surface area (Å²) in [5, 5.41) is 30.2. The van der Waals surface area contributed by atoms with E-state index < -0.39 is 84.1 Å². The van der Waals surface area contributed by atoms with Gasteiger partial charge < -0.3 is 48.6 Å². The number of likely N-dealkylation sites (N-methyl/N-ethyl adjacent to an activating group) is 1. The Balaban J connectivity index is 1.33. The molecule has 3 N–H and O–H groups in total. The molecule has 1 aromatic carbocycles. The van der Waals surface area contributed by atoms with Gasteiger partial charge >= 0.3 is 35.8 Å². The fourth-order valence-electron chi connectivity index (χ4n) is 7.16. The van der Waals surface area contributed by atoms with Crippen molar-refractivity contribution in [3.8, 4) is 11.5 Å². The van der Waals surface area contributed by atoms with Gasteiger partial charge in [0, 0.05) is 24.9 Å². The molecule has 16 heteroatoms. The van der Waals surface area contributed by atoms with Crippen molar-refractivity contribution in [2.45, 2.75) is 87.4 Å². The van der Waals surface area contributed by atoms with Crippen LogP contribution in [-0.2, 0) is 59.6 Å². The van der Waals surface area contributed by atoms with Crippen LogP contribution in [0, 0.1) is 0 Å². The van der Waals surface area contributed by atoms with Crippen LogP contribution in [0.3, 0.4) is 0 Å². The molecule has 1 saturated heterocycles. The van der Waals surface area contributed by atoms with Gasteiger partial charge in [0.15, 0.2) is 23.7 Å². The third kappa shape index (κ3) is 5.75. The van der Waals surface area contributed by atoms with E-state index in [9.17, 15) is 33.9 Å². The second kappa shape index (κ2) is 12.5. The van der Waals surface area contributed by atoms with Gasteiger partial charge in [-0.15, -0.1) is 0 Å². The van der Waals surface area contributed by atoms with Crippen molar-refractivity contribution in [1.82, 2.24) is 4.90 Å². The Morgan fingerprint density at radius 2 is 1.77 bits per heavy atom. The average Bonchev–Trinajstić information content (AvgIpc) is 3.35. The number of carbonyl (C=O) groups excluding carboxylic acids is 4. The highest BCUT2D eigenvalue weighted by molar-refractivity contribution is 5.88. The molecule has 254 valence electrons. The lowest BCUT2D eigenvalue weighted by atomic mass is 9.50. The molecular weight excluding hydrogens is 626 g/mol. The van der Waals surface area contributed by atoms with Crippen molar-refractivity contribution in [1.29, 1.82) is 0 Å². The minimum atomic E-state index is -2.05. The molecule has 0 saturated carbocycles. The minimum Gasteiger partial charge on any atom is -0.493 e. The molecule has 0 unspecified atom stereocenters. The molecule has 4 aliphatic rings. The maximum Gasteiger partial charge on any atom is 0.348 e. The second-order valence-electron chi connectivity index (χ2n) is 12.0. The summed E-state index contributed by atoms with van der Waals surface area (Å²) in [4.78, 5) is 74.5. The van der Waals surface area contributed by atoms with E-state index in [1.54, 1.807) is 12.1 Å². The summed E-state index contributed by atoms with van der Waals surface area (Å²) in [5.74, 6) is -6.98. The van der Waals surface area contributed by atoms with Gasteiger partial charge in [0.2, 0.25) is 12.2 Å². The van der Waals surface area contributed by atoms with Crippen LogP contribution < -0.4 is 9.47 Å². The summed E-state index contributed by atoms with van der Waals surface area (Å²) in [5.41, 5.74) is -0.430. The third-order valence-electron chi connectivity index (χ3n) is 9.23. The predicted octanol–water partition coefficient (Wildman–Crippen LogP) is 0.241. The monoisotopic (exact) mass is 661 g/mol. The molecular formula is C31H35NO15. The van der Waals surface area contributed by atoms with E-state index in [1.165, 1.54) is 7.11 Å². The van der Waals surface area contributed by atoms with Crippen LogP contribution in [0.25, 0.3) is 0 Å². The minimum absolute atomic E-state index is 0.0964. The molecule has 1 aromatic rings. The number of nitrogens with zero attached hydrogens (tertiary/aromatic N) is 1. The van der Waals surface area contributed by atoms with Gasteiger partial charge in [0.1, 0.15) is 5.76 Å². The fourth-order valence-corrected chi connectivity index (χ4v) is 7.16. The number of carbonyl (C=O) groups is 6. The maximum atomic E-state index is 13.3. The smallest absolute Gasteiger partial charge is 0.348 e. The molecule has 2 bridgehead atoms. The van der Waals surface area contributed by atoms with E-state index in [4.69, 9.17) is 33.9 Å². The lowest BCUT2D eigenvalue weighted by Gasteiger charge is -2.61. The summed E-state index contributed by atoms with van der Waals surface area (Å²) < 4.78 is 32.3. The van der Waals surface area contributed by atoms with E-state index in [-0.39, 0.29) is 18.2 Å². The zero-order valence-corrected chi connectivity index (χ0v) is 26.0. The average molecular weight is 662 g/mol. The number of piperidine rings is 1. The quantitative estimate of drug-likeness (QED) is 0.202. The van der Waals surface area contributed by atoms with Crippen molar-refractivity contribution in [2.24, 2.45) is 0 Å². The number of ether oxygens (including phenoxy) is 6. The topological polar surface area (TPSA) is 222 Å². The van der Waals surface area contributed by atoms with Crippen molar-refractivity contribution < 1.29 is 72.5 Å². The van der Waals surface area contributed by atoms with Crippen LogP contribution in [0.2, 0.25) is 0 Å². The van der Waals surface area contributed by atoms with Crippen molar-refractivity contribution >= 4 is 35.8 Å². The summed E-state index contributed by atoms with van der Waals surface area (Å²) in [6.45, 7) is 2.63. The largest absolute Gasteiger partial charge is 0.493 e. The molecule has 0 amide bonds. The SMILES string of the molecule is COc1ccc2c3c1O[C@H]1C(OC(=O)C[C@H](OC(C)=O)C(=O)O[C@@H](C)C(=O)O[C@H](CC(=O)O)C(=O)O)=CC[C@@]4(O)[C@@H](C2)N(C)CC[C@]314. The summed E-state index contributed by atoms with van der Waals surface area (Å²) in [6, 6.07) is 3.49. The van der Waals surface area contributed by atoms with Crippen molar-refractivity contribution in [2.75, 3.05) is 20.7 Å². The molecule has 1 fully saturated rings. The predicted molar refractivity (Wildman–Crippen MR) is 153 cm³/mol. The van der Waals surface area contributed by atoms with Crippen LogP contribution in [0.1, 0.15) is 50.7 Å². The van der Waals surface area contributed by atoms with Crippen LogP contribution >= 0.6 is 0 Å². The Hall–Kier alpha value is -4.70. The van der Waals surface area contributed by atoms with Gasteiger partial charge in [-0.3, -0.25) is 14.4 Å². The molecule has 2 aliphatic heterocycles. The molecule has 0 radical (unpaired) electrons. The first-order valence-corrected chi connectivity index (χ1v) is 14.9. The van der Waals surface area contributed by atoms with Crippen LogP contribution in [0.5, 0.6) is 11.5 Å². The van der Waals surface area contributed by atoms with Gasteiger partial charge in [-0.1, -0.05) is 6.07 Å². The standard InChI is InChI=1S/C31H35NO15/c1-14(28(39)46-19(27(37)38)12-22(34)35)43-29(40)20(44-15(2)33)13-23(36)45-18-7-8-31(41)21-11-16-5-6-17(42-4)25-24(16)30(31,26(18)47-25)9-10-32(21)3/h5-7,14,19-21,26,41H,8-13H2,1-4H3,(H,34,35)(H,37,38)/t14-,19+,20-,21+,26-,30-,31+/m0/s1. The number of aliphatic hydroxyl groups is 1. The number of rotatable bonds is 12. The number of carboxylic acid groups (broad SMARTS) is 2. The Kier molecular flexibility index (Phi) is 8.94. The highest BCUT2D eigenvalue weighted by Crippen LogP contribution is 2.65. The van der Waals surface area contributed by atoms with Crippen LogP contribution in [-0.4, -0.2) is 113 Å². The maximum absolute atomic E-state index is 13.3. The Labute approximate surface area is 268 Å². The van der Waals surface area contributed by atoms with Crippen molar-refractivity contribution in [3.05, 3.63) is 35.1 Å². The number of likely N-dealkylation sites (tertiary alicyclic amines) is 1. The Bertz CT molecular complexity index is 1550. The molecule has 1 spiro atoms. The summed E-state index contributed by atoms with van der Waals surface area (Å²) in [7, 11) is 3.45. The first-order chi connectivity index (χ1) is 22.1. The summed E-state index contributed by atoms with van der Waals surface area (Å²) >= 11 is 0. The normalized spacial score (nSPS) is 27.0. The lowest BCUT2D eigenvalue weighted by Crippen LogP contribution is -2.74. The Morgan fingerprint density at radius 1 is 1.04 bits per heavy atom. The molecule has 2 heterocycles. The van der Waals surface area contributed by atoms with E-state index in [1.807, 2.05) is 13.1 Å². The van der Waals surface area contributed by atoms with Gasteiger partial charge in [0.25, 0.3) is 0 Å². The molecule has 16 nitrogen and oxygen atoms in total. The van der Waals surface area contributed by atoms with Gasteiger partial charge in [-0.2, -0.15) is 0 Å². The van der Waals surface area contributed by atoms with E-state index in [2.05, 4.69) is 9.64 Å². The number of methoxy groups -OCH3 is 1. The lowest BCUT2D eigenvalue weighted by molar-refractivity contribution is -0.184. The van der Waals surface area contributed by atoms with E-state index in [0.29, 0.717) is 30.9 Å². The molecule has 0 aromatic heterocycles.